The largest absolute Gasteiger partial charge is 0.479 e. The van der Waals surface area contributed by atoms with E-state index in [4.69, 9.17) is 4.74 Å². The molecule has 1 aliphatic rings. The Morgan fingerprint density at radius 1 is 1.00 bits per heavy atom. The number of aryl methyl sites for hydroxylation is 1. The summed E-state index contributed by atoms with van der Waals surface area (Å²) in [7, 11) is 0. The molecule has 0 bridgehead atoms. The molecule has 0 fully saturated rings. The molecule has 3 aromatic carbocycles. The van der Waals surface area contributed by atoms with Gasteiger partial charge in [-0.25, -0.2) is 14.6 Å². The summed E-state index contributed by atoms with van der Waals surface area (Å²) in [5.74, 6) is -1.25. The third-order valence-electron chi connectivity index (χ3n) is 6.10. The smallest absolute Gasteiger partial charge is 0.408 e. The van der Waals surface area contributed by atoms with Gasteiger partial charge in [0.2, 0.25) is 0 Å². The van der Waals surface area contributed by atoms with Crippen LogP contribution in [0.5, 0.6) is 0 Å². The molecule has 1 unspecified atom stereocenters. The van der Waals surface area contributed by atoms with Crippen LogP contribution in [0.4, 0.5) is 4.79 Å². The second-order valence-electron chi connectivity index (χ2n) is 8.13. The number of thiazole rings is 1. The number of aromatic nitrogens is 1. The van der Waals surface area contributed by atoms with E-state index in [2.05, 4.69) is 22.4 Å². The average Bonchev–Trinajstić information content (AvgIpc) is 3.42. The fraction of sp³-hybridized carbons (Fsp3) is 0.148. The van der Waals surface area contributed by atoms with Crippen LogP contribution in [0.25, 0.3) is 21.6 Å². The van der Waals surface area contributed by atoms with Gasteiger partial charge >= 0.3 is 12.1 Å². The molecular weight excluding hydrogens is 448 g/mol. The first kappa shape index (κ1) is 21.9. The van der Waals surface area contributed by atoms with Gasteiger partial charge in [0.05, 0.1) is 16.1 Å². The molecule has 170 valence electrons. The third kappa shape index (κ3) is 4.06. The van der Waals surface area contributed by atoms with Crippen LogP contribution in [0.1, 0.15) is 34.3 Å². The van der Waals surface area contributed by atoms with Crippen molar-refractivity contribution in [2.45, 2.75) is 18.9 Å². The molecule has 1 amide bonds. The predicted octanol–water partition coefficient (Wildman–Crippen LogP) is 5.78. The Balaban J connectivity index is 1.29. The summed E-state index contributed by atoms with van der Waals surface area (Å²) in [4.78, 5) is 29.8. The van der Waals surface area contributed by atoms with Gasteiger partial charge in [-0.2, -0.15) is 0 Å². The lowest BCUT2D eigenvalue weighted by Crippen LogP contribution is -2.34. The van der Waals surface area contributed by atoms with Crippen molar-refractivity contribution >= 4 is 23.4 Å². The molecule has 0 saturated heterocycles. The number of alkyl carbamates (subject to hydrolysis) is 1. The number of amides is 1. The molecule has 1 heterocycles. The van der Waals surface area contributed by atoms with Crippen LogP contribution in [0.15, 0.2) is 78.3 Å². The Labute approximate surface area is 200 Å². The quantitative estimate of drug-likeness (QED) is 0.373. The maximum absolute atomic E-state index is 12.6. The van der Waals surface area contributed by atoms with Crippen molar-refractivity contribution in [1.82, 2.24) is 10.3 Å². The van der Waals surface area contributed by atoms with E-state index >= 15 is 0 Å². The number of carboxylic acids is 1. The van der Waals surface area contributed by atoms with Gasteiger partial charge in [0, 0.05) is 5.92 Å². The summed E-state index contributed by atoms with van der Waals surface area (Å²) in [5.41, 5.74) is 8.57. The molecule has 1 aliphatic carbocycles. The van der Waals surface area contributed by atoms with E-state index in [1.807, 2.05) is 55.5 Å². The Kier molecular flexibility index (Phi) is 5.86. The Morgan fingerprint density at radius 3 is 2.18 bits per heavy atom. The SMILES string of the molecule is Cc1ncsc1-c1ccc(C(NC(=O)OCC2c3ccccc3-c3ccccc32)C(=O)O)cc1. The topological polar surface area (TPSA) is 88.5 Å². The first-order valence-corrected chi connectivity index (χ1v) is 11.8. The molecule has 1 aromatic heterocycles. The number of hydrogen-bond donors (Lipinski definition) is 2. The maximum atomic E-state index is 12.6. The van der Waals surface area contributed by atoms with E-state index < -0.39 is 18.1 Å². The lowest BCUT2D eigenvalue weighted by atomic mass is 9.98. The van der Waals surface area contributed by atoms with Gasteiger partial charge < -0.3 is 15.2 Å². The average molecular weight is 471 g/mol. The first-order chi connectivity index (χ1) is 16.5. The molecule has 0 radical (unpaired) electrons. The van der Waals surface area contributed by atoms with Crippen molar-refractivity contribution in [2.24, 2.45) is 0 Å². The molecule has 2 N–H and O–H groups in total. The lowest BCUT2D eigenvalue weighted by Gasteiger charge is -2.18. The number of carbonyl (C=O) groups is 2. The van der Waals surface area contributed by atoms with Gasteiger partial charge in [-0.15, -0.1) is 11.3 Å². The highest BCUT2D eigenvalue weighted by atomic mass is 32.1. The van der Waals surface area contributed by atoms with Crippen LogP contribution < -0.4 is 5.32 Å². The number of fused-ring (bicyclic) bond motifs is 3. The minimum atomic E-state index is -1.22. The van der Waals surface area contributed by atoms with E-state index in [0.29, 0.717) is 5.56 Å². The predicted molar refractivity (Wildman–Crippen MR) is 131 cm³/mol. The zero-order chi connectivity index (χ0) is 23.7. The van der Waals surface area contributed by atoms with Crippen molar-refractivity contribution in [2.75, 3.05) is 6.61 Å². The fourth-order valence-electron chi connectivity index (χ4n) is 4.45. The van der Waals surface area contributed by atoms with Gasteiger partial charge in [0.15, 0.2) is 6.04 Å². The molecule has 0 spiro atoms. The molecule has 0 aliphatic heterocycles. The van der Waals surface area contributed by atoms with E-state index in [-0.39, 0.29) is 12.5 Å². The van der Waals surface area contributed by atoms with Gasteiger partial charge in [0.25, 0.3) is 0 Å². The summed E-state index contributed by atoms with van der Waals surface area (Å²) in [6.07, 6.45) is -0.767. The first-order valence-electron chi connectivity index (χ1n) is 10.9. The third-order valence-corrected chi connectivity index (χ3v) is 7.08. The standard InChI is InChI=1S/C27H22N2O4S/c1-16-25(34-15-28-16)18-12-10-17(11-13-18)24(26(30)31)29-27(32)33-14-23-21-8-4-2-6-19(21)20-7-3-5-9-22(20)23/h2-13,15,23-24H,14H2,1H3,(H,29,32)(H,30,31). The Morgan fingerprint density at radius 2 is 1.62 bits per heavy atom. The molecular formula is C27H22N2O4S. The maximum Gasteiger partial charge on any atom is 0.408 e. The number of rotatable bonds is 6. The highest BCUT2D eigenvalue weighted by Gasteiger charge is 2.30. The van der Waals surface area contributed by atoms with E-state index in [9.17, 15) is 14.7 Å². The molecule has 6 nitrogen and oxygen atoms in total. The minimum absolute atomic E-state index is 0.0941. The zero-order valence-electron chi connectivity index (χ0n) is 18.4. The molecule has 1 atom stereocenters. The van der Waals surface area contributed by atoms with E-state index in [1.165, 1.54) is 11.3 Å². The monoisotopic (exact) mass is 470 g/mol. The molecule has 0 saturated carbocycles. The number of nitrogens with one attached hydrogen (secondary N) is 1. The number of hydrogen-bond acceptors (Lipinski definition) is 5. The summed E-state index contributed by atoms with van der Waals surface area (Å²) < 4.78 is 5.52. The second kappa shape index (κ2) is 9.11. The van der Waals surface area contributed by atoms with Crippen LogP contribution in [0, 0.1) is 6.92 Å². The Hall–Kier alpha value is -3.97. The van der Waals surface area contributed by atoms with Crippen LogP contribution in [0.2, 0.25) is 0 Å². The number of carbonyl (C=O) groups excluding carboxylic acids is 1. The van der Waals surface area contributed by atoms with Crippen molar-refractivity contribution in [1.29, 1.82) is 0 Å². The summed E-state index contributed by atoms with van der Waals surface area (Å²) in [6, 6.07) is 22.0. The van der Waals surface area contributed by atoms with Gasteiger partial charge in [-0.1, -0.05) is 72.8 Å². The van der Waals surface area contributed by atoms with Crippen LogP contribution >= 0.6 is 11.3 Å². The van der Waals surface area contributed by atoms with Crippen LogP contribution in [-0.4, -0.2) is 28.8 Å². The fourth-order valence-corrected chi connectivity index (χ4v) is 5.26. The van der Waals surface area contributed by atoms with Crippen molar-refractivity contribution in [3.8, 4) is 21.6 Å². The molecule has 4 aromatic rings. The Bertz CT molecular complexity index is 1320. The summed E-state index contributed by atoms with van der Waals surface area (Å²) in [5, 5.41) is 12.2. The number of ether oxygens (including phenoxy) is 1. The highest BCUT2D eigenvalue weighted by molar-refractivity contribution is 7.13. The molecule has 34 heavy (non-hydrogen) atoms. The summed E-state index contributed by atoms with van der Waals surface area (Å²) in [6.45, 7) is 2.05. The molecule has 5 rings (SSSR count). The van der Waals surface area contributed by atoms with Gasteiger partial charge in [-0.3, -0.25) is 0 Å². The zero-order valence-corrected chi connectivity index (χ0v) is 19.2. The van der Waals surface area contributed by atoms with Crippen molar-refractivity contribution in [3.05, 3.63) is 101 Å². The summed E-state index contributed by atoms with van der Waals surface area (Å²) >= 11 is 1.53. The van der Waals surface area contributed by atoms with E-state index in [0.717, 1.165) is 38.4 Å². The van der Waals surface area contributed by atoms with Crippen molar-refractivity contribution < 1.29 is 19.4 Å². The second-order valence-corrected chi connectivity index (χ2v) is 8.98. The van der Waals surface area contributed by atoms with Gasteiger partial charge in [0.1, 0.15) is 6.61 Å². The highest BCUT2D eigenvalue weighted by Crippen LogP contribution is 2.44. The minimum Gasteiger partial charge on any atom is -0.479 e. The van der Waals surface area contributed by atoms with Gasteiger partial charge in [-0.05, 0) is 40.3 Å². The van der Waals surface area contributed by atoms with Crippen LogP contribution in [0.3, 0.4) is 0 Å². The number of carboxylic acid groups (broad SMARTS) is 1. The normalized spacial score (nSPS) is 13.1. The number of nitrogens with zero attached hydrogens (tertiary/aromatic N) is 1. The van der Waals surface area contributed by atoms with Crippen LogP contribution in [-0.2, 0) is 9.53 Å². The number of aliphatic carboxylic acids is 1. The van der Waals surface area contributed by atoms with Crippen molar-refractivity contribution in [3.63, 3.8) is 0 Å². The van der Waals surface area contributed by atoms with E-state index in [1.54, 1.807) is 17.6 Å². The lowest BCUT2D eigenvalue weighted by molar-refractivity contribution is -0.139. The number of benzene rings is 3. The molecule has 7 heteroatoms.